The molecular formula is C30H31F3N8O2. The van der Waals surface area contributed by atoms with Gasteiger partial charge in [-0.1, -0.05) is 12.1 Å². The molecule has 2 N–H and O–H groups in total. The van der Waals surface area contributed by atoms with Crippen LogP contribution in [0.1, 0.15) is 28.9 Å². The Morgan fingerprint density at radius 2 is 2.02 bits per heavy atom. The van der Waals surface area contributed by atoms with Gasteiger partial charge in [0.25, 0.3) is 12.3 Å². The van der Waals surface area contributed by atoms with Crippen LogP contribution in [0, 0.1) is 11.9 Å². The van der Waals surface area contributed by atoms with Gasteiger partial charge in [-0.2, -0.15) is 8.78 Å². The molecular weight excluding hydrogens is 561 g/mol. The highest BCUT2D eigenvalue weighted by Crippen LogP contribution is 2.39. The monoisotopic (exact) mass is 592 g/mol. The summed E-state index contributed by atoms with van der Waals surface area (Å²) in [6, 6.07) is 8.47. The maximum Gasteiger partial charge on any atom is 0.256 e. The summed E-state index contributed by atoms with van der Waals surface area (Å²) >= 11 is 0. The lowest BCUT2D eigenvalue weighted by Gasteiger charge is -2.29. The highest BCUT2D eigenvalue weighted by atomic mass is 19.1. The zero-order chi connectivity index (χ0) is 29.8. The summed E-state index contributed by atoms with van der Waals surface area (Å²) in [4.78, 5) is 28.2. The molecule has 10 nitrogen and oxygen atoms in total. The summed E-state index contributed by atoms with van der Waals surface area (Å²) in [5.41, 5.74) is 9.64. The number of imidazole rings is 2. The van der Waals surface area contributed by atoms with Gasteiger partial charge in [-0.15, -0.1) is 0 Å². The summed E-state index contributed by atoms with van der Waals surface area (Å²) in [5.74, 6) is 0.602. The van der Waals surface area contributed by atoms with Crippen molar-refractivity contribution in [2.45, 2.75) is 44.8 Å². The Hall–Kier alpha value is -4.39. The van der Waals surface area contributed by atoms with Crippen LogP contribution in [0.15, 0.2) is 42.9 Å². The van der Waals surface area contributed by atoms with E-state index in [1.807, 2.05) is 23.7 Å². The van der Waals surface area contributed by atoms with Gasteiger partial charge in [-0.3, -0.25) is 4.79 Å². The number of rotatable bonds is 10. The second kappa shape index (κ2) is 10.7. The fraction of sp³-hybridized carbons (Fsp3) is 0.400. The molecule has 5 aromatic rings. The summed E-state index contributed by atoms with van der Waals surface area (Å²) in [6.07, 6.45) is 3.17. The van der Waals surface area contributed by atoms with Crippen molar-refractivity contribution in [2.75, 3.05) is 19.8 Å². The van der Waals surface area contributed by atoms with Crippen LogP contribution in [0.5, 0.6) is 5.75 Å². The molecule has 0 spiro atoms. The first-order valence-electron chi connectivity index (χ1n) is 14.4. The van der Waals surface area contributed by atoms with Gasteiger partial charge in [-0.05, 0) is 37.0 Å². The minimum atomic E-state index is -1.80. The van der Waals surface area contributed by atoms with Crippen LogP contribution in [0.2, 0.25) is 0 Å². The van der Waals surface area contributed by atoms with E-state index < -0.39 is 25.0 Å². The zero-order valence-electron chi connectivity index (χ0n) is 23.6. The average molecular weight is 593 g/mol. The highest BCUT2D eigenvalue weighted by Gasteiger charge is 2.30. The third-order valence-corrected chi connectivity index (χ3v) is 8.22. The number of nitrogens with two attached hydrogens (primary N) is 1. The fourth-order valence-electron chi connectivity index (χ4n) is 5.86. The molecule has 43 heavy (non-hydrogen) atoms. The van der Waals surface area contributed by atoms with Crippen molar-refractivity contribution in [1.82, 2.24) is 33.6 Å². The first-order valence-corrected chi connectivity index (χ1v) is 14.4. The van der Waals surface area contributed by atoms with E-state index in [0.29, 0.717) is 59.4 Å². The number of aryl methyl sites for hydroxylation is 1. The lowest BCUT2D eigenvalue weighted by molar-refractivity contribution is 0.0494. The van der Waals surface area contributed by atoms with Crippen molar-refractivity contribution in [2.24, 2.45) is 18.7 Å². The van der Waals surface area contributed by atoms with Crippen LogP contribution in [-0.2, 0) is 26.6 Å². The summed E-state index contributed by atoms with van der Waals surface area (Å²) in [7, 11) is 1.88. The lowest BCUT2D eigenvalue weighted by atomic mass is 10.0. The number of hydrogen-bond donors (Lipinski definition) is 1. The van der Waals surface area contributed by atoms with E-state index in [1.165, 1.54) is 6.33 Å². The Balaban J connectivity index is 1.28. The maximum absolute atomic E-state index is 15.1. The summed E-state index contributed by atoms with van der Waals surface area (Å²) in [6.45, 7) is 0.221. The van der Waals surface area contributed by atoms with Gasteiger partial charge < -0.3 is 29.1 Å². The second-order valence-electron chi connectivity index (χ2n) is 11.4. The molecule has 0 saturated heterocycles. The van der Waals surface area contributed by atoms with Gasteiger partial charge in [-0.25, -0.2) is 19.3 Å². The Morgan fingerprint density at radius 3 is 2.77 bits per heavy atom. The Kier molecular flexibility index (Phi) is 6.83. The molecule has 1 aliphatic heterocycles. The Morgan fingerprint density at radius 1 is 1.19 bits per heavy atom. The lowest BCUT2D eigenvalue weighted by Crippen LogP contribution is -2.45. The van der Waals surface area contributed by atoms with Crippen LogP contribution < -0.4 is 10.5 Å². The third-order valence-electron chi connectivity index (χ3n) is 8.22. The van der Waals surface area contributed by atoms with Crippen LogP contribution in [-0.4, -0.2) is 71.6 Å². The SMILES string of the molecule is Cn1c(-c2cc3cccc(OC(F)Cn4cncc4F)c3n2CC2CC2)nc2cc3c(nc21)CCN(C[C@H](N)CF)C3=O. The Bertz CT molecular complexity index is 1840. The van der Waals surface area contributed by atoms with Crippen molar-refractivity contribution >= 4 is 28.0 Å². The smallest absolute Gasteiger partial charge is 0.256 e. The molecule has 224 valence electrons. The Labute approximate surface area is 244 Å². The molecule has 1 aliphatic carbocycles. The zero-order valence-corrected chi connectivity index (χ0v) is 23.6. The minimum absolute atomic E-state index is 0.142. The molecule has 1 fully saturated rings. The number of benzene rings is 1. The number of halogens is 3. The van der Waals surface area contributed by atoms with Gasteiger partial charge >= 0.3 is 0 Å². The molecule has 2 aliphatic rings. The van der Waals surface area contributed by atoms with Crippen LogP contribution in [0.25, 0.3) is 33.6 Å². The molecule has 2 atom stereocenters. The van der Waals surface area contributed by atoms with E-state index in [2.05, 4.69) is 9.55 Å². The maximum atomic E-state index is 15.1. The van der Waals surface area contributed by atoms with Gasteiger partial charge in [0.05, 0.1) is 47.6 Å². The molecule has 1 aromatic carbocycles. The minimum Gasteiger partial charge on any atom is -0.456 e. The third kappa shape index (κ3) is 5.01. The van der Waals surface area contributed by atoms with Gasteiger partial charge in [0.1, 0.15) is 17.9 Å². The molecule has 0 bridgehead atoms. The van der Waals surface area contributed by atoms with E-state index in [9.17, 15) is 13.6 Å². The number of amides is 1. The van der Waals surface area contributed by atoms with E-state index in [0.717, 1.165) is 40.2 Å². The number of pyridine rings is 1. The van der Waals surface area contributed by atoms with E-state index in [-0.39, 0.29) is 19.0 Å². The van der Waals surface area contributed by atoms with E-state index >= 15 is 4.39 Å². The molecule has 0 radical (unpaired) electrons. The number of carbonyl (C=O) groups excluding carboxylic acids is 1. The number of nitrogens with zero attached hydrogens (tertiary/aromatic N) is 7. The van der Waals surface area contributed by atoms with Crippen molar-refractivity contribution < 1.29 is 22.7 Å². The van der Waals surface area contributed by atoms with Gasteiger partial charge in [0, 0.05) is 38.5 Å². The predicted molar refractivity (Wildman–Crippen MR) is 153 cm³/mol. The predicted octanol–water partition coefficient (Wildman–Crippen LogP) is 4.01. The number of hydrogen-bond acceptors (Lipinski definition) is 6. The van der Waals surface area contributed by atoms with Crippen molar-refractivity contribution in [3.8, 4) is 17.3 Å². The highest BCUT2D eigenvalue weighted by molar-refractivity contribution is 5.99. The first-order chi connectivity index (χ1) is 20.8. The molecule has 5 heterocycles. The fourth-order valence-corrected chi connectivity index (χ4v) is 5.86. The molecule has 1 saturated carbocycles. The van der Waals surface area contributed by atoms with Crippen molar-refractivity contribution in [1.29, 1.82) is 0 Å². The van der Waals surface area contributed by atoms with Crippen LogP contribution >= 0.6 is 0 Å². The standard InChI is InChI=1S/C30H31F3N8O2/c1-38-28-22(10-20-21(36-28)7-8-39(30(20)42)14-19(34)11-31)37-29(38)23-9-18-3-2-4-24(27(18)41(23)13-17-5-6-17)43-26(33)15-40-16-35-12-25(40)32/h2-4,9-10,12,16-17,19,26H,5-8,11,13-15,34H2,1H3/t19-,26?/m1/s1. The van der Waals surface area contributed by atoms with Crippen LogP contribution in [0.3, 0.4) is 0 Å². The van der Waals surface area contributed by atoms with Crippen molar-refractivity contribution in [3.63, 3.8) is 0 Å². The topological polar surface area (TPSA) is 109 Å². The number of alkyl halides is 2. The second-order valence-corrected chi connectivity index (χ2v) is 11.4. The van der Waals surface area contributed by atoms with Crippen LogP contribution in [0.4, 0.5) is 13.2 Å². The molecule has 4 aromatic heterocycles. The summed E-state index contributed by atoms with van der Waals surface area (Å²) in [5, 5.41) is 0.850. The van der Waals surface area contributed by atoms with E-state index in [1.54, 1.807) is 23.1 Å². The normalized spacial score (nSPS) is 16.7. The largest absolute Gasteiger partial charge is 0.456 e. The molecule has 1 unspecified atom stereocenters. The van der Waals surface area contributed by atoms with Gasteiger partial charge in [0.2, 0.25) is 5.95 Å². The number of para-hydroxylation sites is 1. The first kappa shape index (κ1) is 27.4. The average Bonchev–Trinajstić information content (AvgIpc) is 3.49. The van der Waals surface area contributed by atoms with Crippen molar-refractivity contribution in [3.05, 3.63) is 60.1 Å². The number of carbonyl (C=O) groups is 1. The summed E-state index contributed by atoms with van der Waals surface area (Å²) < 4.78 is 52.8. The molecule has 7 rings (SSSR count). The molecule has 1 amide bonds. The number of fused-ring (bicyclic) bond motifs is 3. The quantitative estimate of drug-likeness (QED) is 0.263. The number of aromatic nitrogens is 6. The number of ether oxygens (including phenoxy) is 1. The van der Waals surface area contributed by atoms with Gasteiger partial charge in [0.15, 0.2) is 11.5 Å². The van der Waals surface area contributed by atoms with E-state index in [4.69, 9.17) is 20.4 Å². The molecule has 13 heteroatoms.